The highest BCUT2D eigenvalue weighted by molar-refractivity contribution is 5.73. The number of nitrogens with zero attached hydrogens (tertiary/aromatic N) is 1. The smallest absolute Gasteiger partial charge is 0.184 e. The van der Waals surface area contributed by atoms with Crippen molar-refractivity contribution in [1.29, 1.82) is 0 Å². The van der Waals surface area contributed by atoms with Crippen molar-refractivity contribution in [2.45, 2.75) is 12.9 Å². The van der Waals surface area contributed by atoms with Crippen LogP contribution in [0.1, 0.15) is 17.6 Å². The maximum atomic E-state index is 8.94. The summed E-state index contributed by atoms with van der Waals surface area (Å²) in [5, 5.41) is 8.94. The van der Waals surface area contributed by atoms with Crippen molar-refractivity contribution in [2.24, 2.45) is 0 Å². The molecular formula is C11H13NO4. The highest BCUT2D eigenvalue weighted by Crippen LogP contribution is 2.23. The van der Waals surface area contributed by atoms with Crippen LogP contribution in [0.15, 0.2) is 22.7 Å². The largest absolute Gasteiger partial charge is 0.457 e. The third-order valence-electron chi connectivity index (χ3n) is 2.30. The minimum atomic E-state index is -0.459. The van der Waals surface area contributed by atoms with E-state index in [1.807, 2.05) is 0 Å². The summed E-state index contributed by atoms with van der Waals surface area (Å²) in [6.45, 7) is -0.135. The lowest BCUT2D eigenvalue weighted by molar-refractivity contribution is -0.106. The Balaban J connectivity index is 2.42. The Hall–Kier alpha value is -1.43. The van der Waals surface area contributed by atoms with Crippen molar-refractivity contribution in [3.63, 3.8) is 0 Å². The molecule has 0 aliphatic carbocycles. The Morgan fingerprint density at radius 2 is 2.12 bits per heavy atom. The van der Waals surface area contributed by atoms with Gasteiger partial charge in [0.15, 0.2) is 11.9 Å². The zero-order valence-electron chi connectivity index (χ0n) is 9.14. The summed E-state index contributed by atoms with van der Waals surface area (Å²) < 4.78 is 15.6. The first kappa shape index (κ1) is 11.1. The van der Waals surface area contributed by atoms with Gasteiger partial charge in [0.25, 0.3) is 0 Å². The Labute approximate surface area is 92.6 Å². The molecule has 5 heteroatoms. The molecule has 0 aliphatic rings. The molecule has 0 fully saturated rings. The summed E-state index contributed by atoms with van der Waals surface area (Å²) in [4.78, 5) is 4.20. The van der Waals surface area contributed by atoms with E-state index in [0.717, 1.165) is 5.56 Å². The lowest BCUT2D eigenvalue weighted by Gasteiger charge is -2.12. The summed E-state index contributed by atoms with van der Waals surface area (Å²) in [6, 6.07) is 3.49. The monoisotopic (exact) mass is 223 g/mol. The molecule has 0 saturated heterocycles. The minimum Gasteiger partial charge on any atom is -0.457 e. The van der Waals surface area contributed by atoms with E-state index in [1.54, 1.807) is 32.5 Å². The minimum absolute atomic E-state index is 0.135. The molecule has 2 rings (SSSR count). The molecule has 16 heavy (non-hydrogen) atoms. The lowest BCUT2D eigenvalue weighted by Crippen LogP contribution is -2.03. The van der Waals surface area contributed by atoms with Crippen molar-refractivity contribution in [1.82, 2.24) is 4.98 Å². The van der Waals surface area contributed by atoms with Crippen LogP contribution in [-0.2, 0) is 16.1 Å². The lowest BCUT2D eigenvalue weighted by atomic mass is 10.2. The second kappa shape index (κ2) is 4.61. The molecule has 0 unspecified atom stereocenters. The standard InChI is InChI=1S/C11H13NO4/c1-14-11(15-2)7-3-10-9(12-5-7)4-8(6-13)16-10/h3-5,11,13H,6H2,1-2H3. The van der Waals surface area contributed by atoms with Gasteiger partial charge in [-0.3, -0.25) is 4.98 Å². The van der Waals surface area contributed by atoms with E-state index in [-0.39, 0.29) is 6.61 Å². The maximum Gasteiger partial charge on any atom is 0.184 e. The third kappa shape index (κ3) is 1.92. The van der Waals surface area contributed by atoms with Crippen LogP contribution < -0.4 is 0 Å². The average molecular weight is 223 g/mol. The summed E-state index contributed by atoms with van der Waals surface area (Å²) in [5.41, 5.74) is 2.09. The van der Waals surface area contributed by atoms with Crippen LogP contribution >= 0.6 is 0 Å². The number of aromatic nitrogens is 1. The van der Waals surface area contributed by atoms with Crippen LogP contribution in [0, 0.1) is 0 Å². The van der Waals surface area contributed by atoms with Gasteiger partial charge >= 0.3 is 0 Å². The summed E-state index contributed by atoms with van der Waals surface area (Å²) >= 11 is 0. The first-order chi connectivity index (χ1) is 7.78. The number of furan rings is 1. The number of aliphatic hydroxyl groups is 1. The van der Waals surface area contributed by atoms with Gasteiger partial charge in [-0.1, -0.05) is 0 Å². The summed E-state index contributed by atoms with van der Waals surface area (Å²) in [5.74, 6) is 0.492. The molecule has 2 aromatic rings. The van der Waals surface area contributed by atoms with Crippen LogP contribution in [0.25, 0.3) is 11.1 Å². The molecule has 1 N–H and O–H groups in total. The summed E-state index contributed by atoms with van der Waals surface area (Å²) in [6.07, 6.45) is 1.20. The highest BCUT2D eigenvalue weighted by Gasteiger charge is 2.12. The van der Waals surface area contributed by atoms with E-state index in [1.165, 1.54) is 0 Å². The molecule has 0 spiro atoms. The van der Waals surface area contributed by atoms with Crippen molar-refractivity contribution in [3.05, 3.63) is 29.7 Å². The second-order valence-electron chi connectivity index (χ2n) is 3.33. The van der Waals surface area contributed by atoms with E-state index in [4.69, 9.17) is 19.0 Å². The predicted octanol–water partition coefficient (Wildman–Crippen LogP) is 1.61. The number of hydrogen-bond acceptors (Lipinski definition) is 5. The fourth-order valence-corrected chi connectivity index (χ4v) is 1.56. The number of ether oxygens (including phenoxy) is 2. The van der Waals surface area contributed by atoms with Gasteiger partial charge in [0.05, 0.1) is 0 Å². The zero-order chi connectivity index (χ0) is 11.5. The molecule has 5 nitrogen and oxygen atoms in total. The maximum absolute atomic E-state index is 8.94. The van der Waals surface area contributed by atoms with Crippen LogP contribution in [0.5, 0.6) is 0 Å². The zero-order valence-corrected chi connectivity index (χ0v) is 9.14. The molecule has 2 aromatic heterocycles. The molecule has 0 atom stereocenters. The van der Waals surface area contributed by atoms with E-state index < -0.39 is 6.29 Å². The predicted molar refractivity (Wildman–Crippen MR) is 56.7 cm³/mol. The molecule has 2 heterocycles. The van der Waals surface area contributed by atoms with Crippen LogP contribution in [0.4, 0.5) is 0 Å². The molecule has 0 radical (unpaired) electrons. The number of fused-ring (bicyclic) bond motifs is 1. The Bertz CT molecular complexity index is 476. The number of hydrogen-bond donors (Lipinski definition) is 1. The third-order valence-corrected chi connectivity index (χ3v) is 2.30. The Kier molecular flexibility index (Phi) is 3.19. The van der Waals surface area contributed by atoms with E-state index in [2.05, 4.69) is 4.98 Å². The van der Waals surface area contributed by atoms with E-state index in [0.29, 0.717) is 16.9 Å². The van der Waals surface area contributed by atoms with Crippen molar-refractivity contribution < 1.29 is 19.0 Å². The van der Waals surface area contributed by atoms with Gasteiger partial charge in [0.1, 0.15) is 17.9 Å². The molecule has 0 aromatic carbocycles. The van der Waals surface area contributed by atoms with Gasteiger partial charge in [-0.2, -0.15) is 0 Å². The van der Waals surface area contributed by atoms with Crippen molar-refractivity contribution in [3.8, 4) is 0 Å². The number of aliphatic hydroxyl groups excluding tert-OH is 1. The van der Waals surface area contributed by atoms with E-state index in [9.17, 15) is 0 Å². The first-order valence-electron chi connectivity index (χ1n) is 4.83. The molecule has 0 bridgehead atoms. The van der Waals surface area contributed by atoms with Gasteiger partial charge in [0.2, 0.25) is 0 Å². The Morgan fingerprint density at radius 1 is 1.38 bits per heavy atom. The highest BCUT2D eigenvalue weighted by atomic mass is 16.7. The number of pyridine rings is 1. The molecular weight excluding hydrogens is 210 g/mol. The van der Waals surface area contributed by atoms with Gasteiger partial charge in [-0.15, -0.1) is 0 Å². The van der Waals surface area contributed by atoms with Gasteiger partial charge in [-0.05, 0) is 6.07 Å². The first-order valence-corrected chi connectivity index (χ1v) is 4.83. The second-order valence-corrected chi connectivity index (χ2v) is 3.33. The quantitative estimate of drug-likeness (QED) is 0.798. The molecule has 0 saturated carbocycles. The van der Waals surface area contributed by atoms with Crippen LogP contribution in [0.2, 0.25) is 0 Å². The molecule has 0 aliphatic heterocycles. The average Bonchev–Trinajstić information content (AvgIpc) is 2.73. The SMILES string of the molecule is COC(OC)c1cnc2cc(CO)oc2c1. The topological polar surface area (TPSA) is 64.7 Å². The van der Waals surface area contributed by atoms with Gasteiger partial charge in [-0.25, -0.2) is 0 Å². The van der Waals surface area contributed by atoms with Gasteiger partial charge in [0, 0.05) is 32.0 Å². The van der Waals surface area contributed by atoms with Gasteiger partial charge < -0.3 is 19.0 Å². The number of methoxy groups -OCH3 is 2. The molecule has 86 valence electrons. The van der Waals surface area contributed by atoms with Crippen LogP contribution in [0.3, 0.4) is 0 Å². The van der Waals surface area contributed by atoms with Crippen molar-refractivity contribution >= 4 is 11.1 Å². The van der Waals surface area contributed by atoms with Crippen molar-refractivity contribution in [2.75, 3.05) is 14.2 Å². The normalized spacial score (nSPS) is 11.5. The van der Waals surface area contributed by atoms with E-state index >= 15 is 0 Å². The Morgan fingerprint density at radius 3 is 2.75 bits per heavy atom. The summed E-state index contributed by atoms with van der Waals surface area (Å²) in [7, 11) is 3.11. The van der Waals surface area contributed by atoms with Crippen LogP contribution in [-0.4, -0.2) is 24.3 Å². The molecule has 0 amide bonds. The fraction of sp³-hybridized carbons (Fsp3) is 0.364. The fourth-order valence-electron chi connectivity index (χ4n) is 1.56. The number of rotatable bonds is 4.